The van der Waals surface area contributed by atoms with Gasteiger partial charge in [-0.1, -0.05) is 36.1 Å². The largest absolute Gasteiger partial charge is 0.489 e. The molecule has 1 amide bonds. The van der Waals surface area contributed by atoms with E-state index in [1.165, 1.54) is 24.3 Å². The van der Waals surface area contributed by atoms with Crippen LogP contribution >= 0.6 is 15.9 Å². The van der Waals surface area contributed by atoms with E-state index in [2.05, 4.69) is 79.5 Å². The molecule has 17 heteroatoms. The molecular formula is C57H53BrF2N10O4. The number of aromatic nitrogens is 6. The number of carbonyl (C=O) groups excluding carboxylic acids is 1. The highest BCUT2D eigenvalue weighted by atomic mass is 79.9. The Morgan fingerprint density at radius 2 is 1.24 bits per heavy atom. The van der Waals surface area contributed by atoms with E-state index in [-0.39, 0.29) is 29.9 Å². The van der Waals surface area contributed by atoms with Gasteiger partial charge in [0.2, 0.25) is 11.9 Å². The lowest BCUT2D eigenvalue weighted by Crippen LogP contribution is -2.44. The number of pyridine rings is 2. The maximum Gasteiger partial charge on any atom is 0.410 e. The van der Waals surface area contributed by atoms with Crippen molar-refractivity contribution in [3.8, 4) is 35.7 Å². The number of fused-ring (bicyclic) bond motifs is 2. The number of anilines is 4. The predicted octanol–water partition coefficient (Wildman–Crippen LogP) is 11.6. The Bertz CT molecular complexity index is 3300. The first-order valence-corrected chi connectivity index (χ1v) is 24.8. The van der Waals surface area contributed by atoms with Gasteiger partial charge in [-0.3, -0.25) is 0 Å². The van der Waals surface area contributed by atoms with Gasteiger partial charge in [-0.05, 0) is 141 Å². The number of likely N-dealkylation sites (tertiary alicyclic amines) is 1. The SMILES string of the molecule is C#Cc1ccccn1.CC(C)(C)OC(=O)N1CCC(Oc2cc3nc(Nc4cccc(F)c4)ncc3cc2Br)CC1.Fc1cccc(Nc2ncc3cc(C#Cc4ccccn4)c(OC4CCNCC4)cc3n2)c1. The quantitative estimate of drug-likeness (QED) is 0.123. The molecule has 0 bridgehead atoms. The van der Waals surface area contributed by atoms with Crippen LogP contribution < -0.4 is 25.4 Å². The third kappa shape index (κ3) is 15.4. The number of piperidine rings is 2. The molecule has 2 aliphatic heterocycles. The average molecular weight is 1060 g/mol. The summed E-state index contributed by atoms with van der Waals surface area (Å²) in [6, 6.07) is 31.1. The summed E-state index contributed by atoms with van der Waals surface area (Å²) in [6.45, 7) is 8.60. The molecule has 4 aromatic heterocycles. The summed E-state index contributed by atoms with van der Waals surface area (Å²) < 4.78 is 45.8. The van der Waals surface area contributed by atoms with E-state index in [1.807, 2.05) is 75.4 Å². The van der Waals surface area contributed by atoms with Crippen molar-refractivity contribution in [1.29, 1.82) is 0 Å². The summed E-state index contributed by atoms with van der Waals surface area (Å²) in [6.07, 6.45) is 14.9. The Kier molecular flexibility index (Phi) is 17.5. The molecule has 2 fully saturated rings. The third-order valence-electron chi connectivity index (χ3n) is 11.2. The van der Waals surface area contributed by atoms with Gasteiger partial charge in [0.1, 0.15) is 52.3 Å². The zero-order valence-electron chi connectivity index (χ0n) is 41.0. The summed E-state index contributed by atoms with van der Waals surface area (Å²) in [5.41, 5.74) is 4.21. The molecule has 376 valence electrons. The number of nitrogens with one attached hydrogen (secondary N) is 3. The first-order valence-electron chi connectivity index (χ1n) is 24.0. The molecule has 0 aliphatic carbocycles. The van der Waals surface area contributed by atoms with Crippen molar-refractivity contribution in [2.45, 2.75) is 64.3 Å². The van der Waals surface area contributed by atoms with Gasteiger partial charge in [0.05, 0.1) is 21.1 Å². The van der Waals surface area contributed by atoms with E-state index in [1.54, 1.807) is 60.0 Å². The molecule has 0 atom stereocenters. The number of benzene rings is 4. The second kappa shape index (κ2) is 24.9. The Morgan fingerprint density at radius 3 is 1.78 bits per heavy atom. The van der Waals surface area contributed by atoms with Gasteiger partial charge in [-0.15, -0.1) is 6.42 Å². The van der Waals surface area contributed by atoms with Gasteiger partial charge in [0.15, 0.2) is 0 Å². The molecule has 6 heterocycles. The summed E-state index contributed by atoms with van der Waals surface area (Å²) in [7, 11) is 0. The topological polar surface area (TPSA) is 161 Å². The molecule has 2 saturated heterocycles. The van der Waals surface area contributed by atoms with Crippen LogP contribution in [0, 0.1) is 35.8 Å². The van der Waals surface area contributed by atoms with E-state index in [9.17, 15) is 13.6 Å². The summed E-state index contributed by atoms with van der Waals surface area (Å²) in [5.74, 6) is 10.2. The number of terminal acetylenes is 1. The lowest BCUT2D eigenvalue weighted by atomic mass is 10.1. The number of hydrogen-bond acceptors (Lipinski definition) is 13. The molecule has 0 unspecified atom stereocenters. The zero-order chi connectivity index (χ0) is 51.9. The number of hydrogen-bond donors (Lipinski definition) is 3. The minimum atomic E-state index is -0.509. The van der Waals surface area contributed by atoms with Crippen LogP contribution in [-0.4, -0.2) is 84.9 Å². The molecule has 14 nitrogen and oxygen atoms in total. The fraction of sp³-hybridized carbons (Fsp3) is 0.246. The molecule has 2 aliphatic rings. The first-order chi connectivity index (χ1) is 35.8. The van der Waals surface area contributed by atoms with Gasteiger partial charge in [-0.2, -0.15) is 0 Å². The van der Waals surface area contributed by atoms with Crippen LogP contribution in [0.25, 0.3) is 21.8 Å². The molecule has 0 radical (unpaired) electrons. The van der Waals surface area contributed by atoms with Crippen LogP contribution in [0.5, 0.6) is 11.5 Å². The van der Waals surface area contributed by atoms with Crippen molar-refractivity contribution in [2.24, 2.45) is 0 Å². The monoisotopic (exact) mass is 1060 g/mol. The zero-order valence-corrected chi connectivity index (χ0v) is 42.6. The first kappa shape index (κ1) is 52.1. The van der Waals surface area contributed by atoms with Gasteiger partial charge < -0.3 is 35.1 Å². The van der Waals surface area contributed by atoms with Crippen LogP contribution in [0.4, 0.5) is 36.8 Å². The van der Waals surface area contributed by atoms with E-state index < -0.39 is 5.60 Å². The van der Waals surface area contributed by atoms with Crippen molar-refractivity contribution in [3.63, 3.8) is 0 Å². The number of rotatable bonds is 8. The summed E-state index contributed by atoms with van der Waals surface area (Å²) in [5, 5.41) is 11.1. The van der Waals surface area contributed by atoms with Crippen LogP contribution in [0.15, 0.2) is 138 Å². The Labute approximate surface area is 436 Å². The van der Waals surface area contributed by atoms with Crippen LogP contribution in [0.2, 0.25) is 0 Å². The number of halogens is 3. The minimum absolute atomic E-state index is 0.0239. The number of amides is 1. The van der Waals surface area contributed by atoms with Gasteiger partial charge >= 0.3 is 6.09 Å². The van der Waals surface area contributed by atoms with E-state index >= 15 is 0 Å². The highest BCUT2D eigenvalue weighted by Crippen LogP contribution is 2.33. The van der Waals surface area contributed by atoms with Gasteiger partial charge in [0.25, 0.3) is 0 Å². The molecule has 4 aromatic carbocycles. The molecule has 0 saturated carbocycles. The maximum atomic E-state index is 13.5. The average Bonchev–Trinajstić information content (AvgIpc) is 3.39. The van der Waals surface area contributed by atoms with Gasteiger partial charge in [0, 0.05) is 85.0 Å². The summed E-state index contributed by atoms with van der Waals surface area (Å²) in [4.78, 5) is 40.0. The van der Waals surface area contributed by atoms with Crippen molar-refractivity contribution in [1.82, 2.24) is 40.1 Å². The van der Waals surface area contributed by atoms with Crippen LogP contribution in [-0.2, 0) is 4.74 Å². The minimum Gasteiger partial charge on any atom is -0.489 e. The molecule has 3 N–H and O–H groups in total. The Balaban J connectivity index is 0.000000171. The Hall–Kier alpha value is -8.25. The second-order valence-electron chi connectivity index (χ2n) is 18.1. The van der Waals surface area contributed by atoms with Crippen molar-refractivity contribution >= 4 is 67.1 Å². The molecule has 8 aromatic rings. The van der Waals surface area contributed by atoms with E-state index in [4.69, 9.17) is 20.6 Å². The fourth-order valence-corrected chi connectivity index (χ4v) is 8.11. The molecule has 74 heavy (non-hydrogen) atoms. The maximum absolute atomic E-state index is 13.5. The lowest BCUT2D eigenvalue weighted by molar-refractivity contribution is 0.0126. The second-order valence-corrected chi connectivity index (χ2v) is 18.9. The van der Waals surface area contributed by atoms with E-state index in [0.717, 1.165) is 52.3 Å². The highest BCUT2D eigenvalue weighted by molar-refractivity contribution is 9.10. The lowest BCUT2D eigenvalue weighted by Gasteiger charge is -2.33. The normalized spacial score (nSPS) is 13.7. The molecular weight excluding hydrogens is 1010 g/mol. The van der Waals surface area contributed by atoms with Crippen LogP contribution in [0.3, 0.4) is 0 Å². The van der Waals surface area contributed by atoms with Crippen molar-refractivity contribution < 1.29 is 27.8 Å². The van der Waals surface area contributed by atoms with Crippen molar-refractivity contribution in [2.75, 3.05) is 36.8 Å². The Morgan fingerprint density at radius 1 is 0.689 bits per heavy atom. The molecule has 0 spiro atoms. The number of ether oxygens (including phenoxy) is 3. The molecule has 10 rings (SSSR count). The highest BCUT2D eigenvalue weighted by Gasteiger charge is 2.28. The number of nitrogens with zero attached hydrogens (tertiary/aromatic N) is 7. The smallest absolute Gasteiger partial charge is 0.410 e. The predicted molar refractivity (Wildman–Crippen MR) is 287 cm³/mol. The standard InChI is InChI=1S/C26H22FN5O.C24H26BrFN4O3.C7H5N/c27-20-4-3-6-22(15-20)31-26-30-17-19-14-18(7-8-21-5-1-2-11-29-21)25(16-24(19)32-26)33-23-9-12-28-13-10-23;1-24(2,3)33-23(31)30-9-7-18(8-10-30)32-21-13-20-15(11-19(21)25)14-27-22(29-20)28-17-6-4-5-16(26)12-17;1-2-7-5-3-4-6-8-7/h1-6,11,14-17,23,28H,9-10,12-13H2,(H,30,31,32);4-6,11-14,18H,7-10H2,1-3H3,(H,27,28,29);1,3-6H. The fourth-order valence-electron chi connectivity index (χ4n) is 7.66. The van der Waals surface area contributed by atoms with Crippen molar-refractivity contribution in [3.05, 3.63) is 167 Å². The number of carbonyl (C=O) groups is 1. The van der Waals surface area contributed by atoms with E-state index in [0.29, 0.717) is 77.6 Å². The summed E-state index contributed by atoms with van der Waals surface area (Å²) >= 11 is 3.57. The van der Waals surface area contributed by atoms with Gasteiger partial charge in [-0.25, -0.2) is 43.5 Å². The van der Waals surface area contributed by atoms with Crippen LogP contribution in [0.1, 0.15) is 63.4 Å². The third-order valence-corrected chi connectivity index (χ3v) is 11.9.